The van der Waals surface area contributed by atoms with Gasteiger partial charge in [-0.05, 0) is 78.3 Å². The van der Waals surface area contributed by atoms with E-state index in [9.17, 15) is 27.6 Å². The second-order valence-electron chi connectivity index (χ2n) is 9.84. The van der Waals surface area contributed by atoms with E-state index in [1.165, 1.54) is 11.6 Å². The third-order valence-electron chi connectivity index (χ3n) is 6.84. The molecule has 0 spiro atoms. The minimum absolute atomic E-state index is 0.0240. The predicted molar refractivity (Wildman–Crippen MR) is 154 cm³/mol. The number of alkyl halides is 3. The lowest BCUT2D eigenvalue weighted by atomic mass is 9.91. The van der Waals surface area contributed by atoms with Gasteiger partial charge in [-0.15, -0.1) is 0 Å². The van der Waals surface area contributed by atoms with E-state index in [2.05, 4.69) is 22.0 Å². The molecule has 0 aromatic heterocycles. The molecule has 0 fully saturated rings. The fourth-order valence-corrected chi connectivity index (χ4v) is 4.90. The third-order valence-corrected chi connectivity index (χ3v) is 7.17. The van der Waals surface area contributed by atoms with E-state index in [1.54, 1.807) is 24.3 Å². The van der Waals surface area contributed by atoms with E-state index in [0.717, 1.165) is 48.9 Å². The van der Waals surface area contributed by atoms with Crippen LogP contribution in [0, 0.1) is 0 Å². The number of halogens is 4. The maximum absolute atomic E-state index is 13.3. The molecule has 0 saturated heterocycles. The van der Waals surface area contributed by atoms with Crippen LogP contribution in [-0.2, 0) is 11.0 Å². The number of carboxylic acids is 1. The minimum Gasteiger partial charge on any atom is -0.481 e. The van der Waals surface area contributed by atoms with Crippen molar-refractivity contribution in [1.29, 1.82) is 0 Å². The van der Waals surface area contributed by atoms with Crippen LogP contribution in [0.3, 0.4) is 0 Å². The number of rotatable bonds is 9. The average molecular weight is 600 g/mol. The molecule has 7 nitrogen and oxygen atoms in total. The standard InChI is InChI=1S/C31H29ClF3N3O4/c32-26-15-14-24(18-25(26)31(33,34)35)37-30(42)38-28(21-8-6-20(7-9-21)19-4-2-1-3-5-19)22-10-12-23(13-11-22)29(41)36-17-16-27(39)40/h4,6-15,18,28H,1-3,5,16-17H2,(H,36,41)(H,39,40)(H2,37,38,42). The number of amides is 3. The number of carbonyl (C=O) groups excluding carboxylic acids is 2. The molecule has 4 rings (SSSR count). The molecule has 1 aliphatic carbocycles. The molecule has 1 aliphatic rings. The number of hydrogen-bond donors (Lipinski definition) is 4. The second kappa shape index (κ2) is 13.6. The van der Waals surface area contributed by atoms with Gasteiger partial charge in [0.1, 0.15) is 0 Å². The average Bonchev–Trinajstić information content (AvgIpc) is 2.97. The van der Waals surface area contributed by atoms with Crippen LogP contribution in [0.1, 0.15) is 70.8 Å². The molecule has 3 aromatic rings. The number of nitrogens with one attached hydrogen (secondary N) is 3. The summed E-state index contributed by atoms with van der Waals surface area (Å²) in [6.07, 6.45) is 1.62. The number of allylic oxidation sites excluding steroid dienone is 2. The first-order valence-electron chi connectivity index (χ1n) is 13.3. The number of carboxylic acid groups (broad SMARTS) is 1. The van der Waals surface area contributed by atoms with Crippen molar-refractivity contribution in [2.45, 2.75) is 44.3 Å². The Balaban J connectivity index is 1.57. The predicted octanol–water partition coefficient (Wildman–Crippen LogP) is 7.43. The first-order valence-corrected chi connectivity index (χ1v) is 13.7. The van der Waals surface area contributed by atoms with Crippen LogP contribution >= 0.6 is 11.6 Å². The Morgan fingerprint density at radius 2 is 1.60 bits per heavy atom. The molecular formula is C31H29ClF3N3O4. The van der Waals surface area contributed by atoms with Gasteiger partial charge in [0.15, 0.2) is 0 Å². The molecule has 4 N–H and O–H groups in total. The molecule has 1 atom stereocenters. The van der Waals surface area contributed by atoms with E-state index < -0.39 is 40.7 Å². The Morgan fingerprint density at radius 1 is 0.929 bits per heavy atom. The van der Waals surface area contributed by atoms with Crippen molar-refractivity contribution < 1.29 is 32.7 Å². The Labute approximate surface area is 245 Å². The number of anilines is 1. The summed E-state index contributed by atoms with van der Waals surface area (Å²) in [5, 5.41) is 16.1. The van der Waals surface area contributed by atoms with Gasteiger partial charge in [0.25, 0.3) is 5.91 Å². The lowest BCUT2D eigenvalue weighted by Gasteiger charge is -2.22. The summed E-state index contributed by atoms with van der Waals surface area (Å²) < 4.78 is 39.9. The van der Waals surface area contributed by atoms with Crippen LogP contribution in [0.4, 0.5) is 23.7 Å². The molecule has 0 bridgehead atoms. The normalized spacial score (nSPS) is 14.0. The van der Waals surface area contributed by atoms with Crippen LogP contribution in [0.25, 0.3) is 5.57 Å². The van der Waals surface area contributed by atoms with Crippen LogP contribution in [0.15, 0.2) is 72.8 Å². The molecule has 1 unspecified atom stereocenters. The quantitative estimate of drug-likeness (QED) is 0.205. The van der Waals surface area contributed by atoms with Crippen molar-refractivity contribution in [3.05, 3.63) is 106 Å². The molecule has 3 aromatic carbocycles. The summed E-state index contributed by atoms with van der Waals surface area (Å²) in [4.78, 5) is 36.1. The summed E-state index contributed by atoms with van der Waals surface area (Å²) in [7, 11) is 0. The van der Waals surface area contributed by atoms with Crippen LogP contribution < -0.4 is 16.0 Å². The van der Waals surface area contributed by atoms with Crippen molar-refractivity contribution >= 4 is 40.8 Å². The van der Waals surface area contributed by atoms with Gasteiger partial charge in [-0.25, -0.2) is 4.79 Å². The maximum Gasteiger partial charge on any atom is 0.417 e. The number of benzene rings is 3. The van der Waals surface area contributed by atoms with Gasteiger partial charge in [-0.1, -0.05) is 54.1 Å². The van der Waals surface area contributed by atoms with Crippen LogP contribution in [0.2, 0.25) is 5.02 Å². The van der Waals surface area contributed by atoms with Gasteiger partial charge in [-0.3, -0.25) is 9.59 Å². The van der Waals surface area contributed by atoms with E-state index in [0.29, 0.717) is 11.1 Å². The zero-order valence-electron chi connectivity index (χ0n) is 22.4. The van der Waals surface area contributed by atoms with E-state index in [-0.39, 0.29) is 18.7 Å². The van der Waals surface area contributed by atoms with Crippen molar-refractivity contribution in [3.63, 3.8) is 0 Å². The van der Waals surface area contributed by atoms with Crippen LogP contribution in [-0.4, -0.2) is 29.6 Å². The van der Waals surface area contributed by atoms with Gasteiger partial charge in [0, 0.05) is 17.8 Å². The molecule has 0 radical (unpaired) electrons. The largest absolute Gasteiger partial charge is 0.481 e. The number of hydrogen-bond acceptors (Lipinski definition) is 3. The Morgan fingerprint density at radius 3 is 2.19 bits per heavy atom. The molecular weight excluding hydrogens is 571 g/mol. The fraction of sp³-hybridized carbons (Fsp3) is 0.258. The summed E-state index contributed by atoms with van der Waals surface area (Å²) in [6, 6.07) is 15.8. The lowest BCUT2D eigenvalue weighted by Crippen LogP contribution is -2.33. The van der Waals surface area contributed by atoms with Gasteiger partial charge >= 0.3 is 18.2 Å². The van der Waals surface area contributed by atoms with Crippen molar-refractivity contribution in [2.24, 2.45) is 0 Å². The van der Waals surface area contributed by atoms with Crippen LogP contribution in [0.5, 0.6) is 0 Å². The third kappa shape index (κ3) is 8.13. The summed E-state index contributed by atoms with van der Waals surface area (Å²) >= 11 is 5.70. The Kier molecular flexibility index (Phi) is 9.90. The highest BCUT2D eigenvalue weighted by atomic mass is 35.5. The van der Waals surface area contributed by atoms with Crippen molar-refractivity contribution in [3.8, 4) is 0 Å². The molecule has 0 heterocycles. The second-order valence-corrected chi connectivity index (χ2v) is 10.2. The first-order chi connectivity index (χ1) is 20.0. The van der Waals surface area contributed by atoms with E-state index in [4.69, 9.17) is 16.7 Å². The molecule has 0 saturated carbocycles. The highest BCUT2D eigenvalue weighted by molar-refractivity contribution is 6.31. The lowest BCUT2D eigenvalue weighted by molar-refractivity contribution is -0.138. The summed E-state index contributed by atoms with van der Waals surface area (Å²) in [5.74, 6) is -1.48. The van der Waals surface area contributed by atoms with Gasteiger partial charge in [0.05, 0.1) is 23.0 Å². The molecule has 11 heteroatoms. The monoisotopic (exact) mass is 599 g/mol. The molecule has 42 heavy (non-hydrogen) atoms. The van der Waals surface area contributed by atoms with E-state index in [1.807, 2.05) is 24.3 Å². The number of aliphatic carboxylic acids is 1. The Bertz CT molecular complexity index is 1470. The van der Waals surface area contributed by atoms with E-state index >= 15 is 0 Å². The zero-order chi connectivity index (χ0) is 30.3. The summed E-state index contributed by atoms with van der Waals surface area (Å²) in [5.41, 5.74) is 2.82. The molecule has 220 valence electrons. The van der Waals surface area contributed by atoms with Gasteiger partial charge in [0.2, 0.25) is 0 Å². The van der Waals surface area contributed by atoms with Gasteiger partial charge < -0.3 is 21.1 Å². The fourth-order valence-electron chi connectivity index (χ4n) is 4.68. The molecule has 0 aliphatic heterocycles. The zero-order valence-corrected chi connectivity index (χ0v) is 23.2. The van der Waals surface area contributed by atoms with Crippen molar-refractivity contribution in [2.75, 3.05) is 11.9 Å². The van der Waals surface area contributed by atoms with Crippen molar-refractivity contribution in [1.82, 2.24) is 10.6 Å². The highest BCUT2D eigenvalue weighted by Gasteiger charge is 2.33. The Hall–Kier alpha value is -4.31. The number of urea groups is 1. The highest BCUT2D eigenvalue weighted by Crippen LogP contribution is 2.36. The molecule has 3 amide bonds. The SMILES string of the molecule is O=C(O)CCNC(=O)c1ccc(C(NC(=O)Nc2ccc(Cl)c(C(F)(F)F)c2)c2ccc(C3=CCCCC3)cc2)cc1. The smallest absolute Gasteiger partial charge is 0.417 e. The van der Waals surface area contributed by atoms with Gasteiger partial charge in [-0.2, -0.15) is 13.2 Å². The minimum atomic E-state index is -4.69. The summed E-state index contributed by atoms with van der Waals surface area (Å²) in [6.45, 7) is -0.0240. The number of carbonyl (C=O) groups is 3. The maximum atomic E-state index is 13.3. The topological polar surface area (TPSA) is 108 Å². The first kappa shape index (κ1) is 30.6.